The van der Waals surface area contributed by atoms with E-state index in [0.717, 1.165) is 19.0 Å². The van der Waals surface area contributed by atoms with E-state index in [2.05, 4.69) is 9.97 Å². The Morgan fingerprint density at radius 1 is 1.17 bits per heavy atom. The van der Waals surface area contributed by atoms with Gasteiger partial charge in [0.2, 0.25) is 11.8 Å². The van der Waals surface area contributed by atoms with Crippen LogP contribution in [0.4, 0.5) is 23.1 Å². The maximum atomic E-state index is 11.2. The van der Waals surface area contributed by atoms with Crippen LogP contribution in [0.5, 0.6) is 0 Å². The molecule has 0 aliphatic heterocycles. The van der Waals surface area contributed by atoms with Crippen LogP contribution >= 0.6 is 0 Å². The number of nitrogens with two attached hydrogens (primary N) is 1. The van der Waals surface area contributed by atoms with Crippen LogP contribution in [0.25, 0.3) is 0 Å². The third-order valence-electron chi connectivity index (χ3n) is 3.76. The van der Waals surface area contributed by atoms with Crippen LogP contribution < -0.4 is 10.6 Å². The van der Waals surface area contributed by atoms with Gasteiger partial charge in [-0.1, -0.05) is 18.2 Å². The van der Waals surface area contributed by atoms with Gasteiger partial charge in [0.25, 0.3) is 5.69 Å². The molecule has 3 rings (SSSR count). The molecule has 1 aromatic heterocycles. The summed E-state index contributed by atoms with van der Waals surface area (Å²) in [5.41, 5.74) is 5.80. The summed E-state index contributed by atoms with van der Waals surface area (Å²) in [5, 5.41) is 22.0. The quantitative estimate of drug-likeness (QED) is 0.626. The average molecular weight is 330 g/mol. The Morgan fingerprint density at radius 2 is 1.83 bits per heavy atom. The van der Waals surface area contributed by atoms with Crippen molar-refractivity contribution in [3.63, 3.8) is 0 Å². The average Bonchev–Trinajstić information content (AvgIpc) is 3.37. The minimum atomic E-state index is -0.650. The number of aromatic nitrogens is 2. The van der Waals surface area contributed by atoms with E-state index >= 15 is 0 Å². The molecule has 0 saturated heterocycles. The molecule has 10 nitrogen and oxygen atoms in total. The van der Waals surface area contributed by atoms with E-state index in [9.17, 15) is 20.2 Å². The van der Waals surface area contributed by atoms with Crippen molar-refractivity contribution in [3.05, 3.63) is 56.3 Å². The van der Waals surface area contributed by atoms with Gasteiger partial charge in [-0.15, -0.1) is 0 Å². The fourth-order valence-electron chi connectivity index (χ4n) is 2.41. The SMILES string of the molecule is Nc1nc(N(Cc2ccccc2[N+](=O)[O-])C2CC2)ncc1[N+](=O)[O-]. The van der Waals surface area contributed by atoms with Gasteiger partial charge in [0.15, 0.2) is 0 Å². The number of nitrogen functional groups attached to an aromatic ring is 1. The molecule has 0 bridgehead atoms. The molecule has 0 spiro atoms. The summed E-state index contributed by atoms with van der Waals surface area (Å²) in [7, 11) is 0. The third-order valence-corrected chi connectivity index (χ3v) is 3.76. The van der Waals surface area contributed by atoms with Crippen molar-refractivity contribution in [2.45, 2.75) is 25.4 Å². The minimum Gasteiger partial charge on any atom is -0.378 e. The van der Waals surface area contributed by atoms with Crippen molar-refractivity contribution in [3.8, 4) is 0 Å². The molecule has 0 atom stereocenters. The van der Waals surface area contributed by atoms with Crippen molar-refractivity contribution in [2.75, 3.05) is 10.6 Å². The lowest BCUT2D eigenvalue weighted by Crippen LogP contribution is -2.27. The lowest BCUT2D eigenvalue weighted by atomic mass is 10.1. The van der Waals surface area contributed by atoms with Crippen LogP contribution in [-0.2, 0) is 6.54 Å². The number of rotatable bonds is 6. The highest BCUT2D eigenvalue weighted by Gasteiger charge is 2.33. The predicted octanol–water partition coefficient (Wildman–Crippen LogP) is 2.04. The Balaban J connectivity index is 1.93. The van der Waals surface area contributed by atoms with Gasteiger partial charge in [-0.3, -0.25) is 20.2 Å². The zero-order valence-corrected chi connectivity index (χ0v) is 12.5. The molecular weight excluding hydrogens is 316 g/mol. The summed E-state index contributed by atoms with van der Waals surface area (Å²) in [5.74, 6) is 0.0111. The molecule has 1 aromatic carbocycles. The van der Waals surface area contributed by atoms with Gasteiger partial charge < -0.3 is 10.6 Å². The number of nitro groups is 2. The van der Waals surface area contributed by atoms with E-state index in [0.29, 0.717) is 5.56 Å². The maximum Gasteiger partial charge on any atom is 0.329 e. The van der Waals surface area contributed by atoms with E-state index in [1.807, 2.05) is 0 Å². The largest absolute Gasteiger partial charge is 0.378 e. The second-order valence-electron chi connectivity index (χ2n) is 5.44. The van der Waals surface area contributed by atoms with Crippen molar-refractivity contribution < 1.29 is 9.85 Å². The van der Waals surface area contributed by atoms with Crippen molar-refractivity contribution >= 4 is 23.1 Å². The van der Waals surface area contributed by atoms with Gasteiger partial charge in [-0.25, -0.2) is 4.98 Å². The Bertz CT molecular complexity index is 808. The summed E-state index contributed by atoms with van der Waals surface area (Å²) in [6.45, 7) is 0.235. The van der Waals surface area contributed by atoms with Crippen LogP contribution in [-0.4, -0.2) is 25.9 Å². The fraction of sp³-hybridized carbons (Fsp3) is 0.286. The first-order valence-electron chi connectivity index (χ1n) is 7.23. The van der Waals surface area contributed by atoms with Gasteiger partial charge in [0.05, 0.1) is 16.4 Å². The Hall–Kier alpha value is -3.30. The number of benzene rings is 1. The molecule has 1 aliphatic carbocycles. The number of nitro benzene ring substituents is 1. The predicted molar refractivity (Wildman–Crippen MR) is 85.4 cm³/mol. The Labute approximate surface area is 136 Å². The molecule has 1 aliphatic rings. The number of para-hydroxylation sites is 1. The number of anilines is 2. The highest BCUT2D eigenvalue weighted by molar-refractivity contribution is 5.55. The van der Waals surface area contributed by atoms with E-state index in [4.69, 9.17) is 5.73 Å². The molecule has 1 saturated carbocycles. The standard InChI is InChI=1S/C14H14N6O4/c15-13-12(20(23)24)7-16-14(17-13)18(10-5-6-10)8-9-3-1-2-4-11(9)19(21)22/h1-4,7,10H,5-6,8H2,(H2,15,16,17). The maximum absolute atomic E-state index is 11.2. The van der Waals surface area contributed by atoms with E-state index in [1.165, 1.54) is 6.07 Å². The zero-order valence-electron chi connectivity index (χ0n) is 12.5. The van der Waals surface area contributed by atoms with Gasteiger partial charge in [-0.05, 0) is 12.8 Å². The third kappa shape index (κ3) is 3.07. The van der Waals surface area contributed by atoms with E-state index in [-0.39, 0.29) is 35.7 Å². The van der Waals surface area contributed by atoms with Crippen molar-refractivity contribution in [1.82, 2.24) is 9.97 Å². The van der Waals surface area contributed by atoms with Gasteiger partial charge >= 0.3 is 5.69 Å². The molecule has 2 N–H and O–H groups in total. The summed E-state index contributed by atoms with van der Waals surface area (Å²) >= 11 is 0. The number of nitrogens with zero attached hydrogens (tertiary/aromatic N) is 5. The second-order valence-corrected chi connectivity index (χ2v) is 5.44. The first kappa shape index (κ1) is 15.6. The molecule has 1 fully saturated rings. The topological polar surface area (TPSA) is 141 Å². The van der Waals surface area contributed by atoms with Crippen LogP contribution in [0.3, 0.4) is 0 Å². The molecule has 1 heterocycles. The first-order valence-corrected chi connectivity index (χ1v) is 7.23. The summed E-state index contributed by atoms with van der Waals surface area (Å²) in [4.78, 5) is 30.7. The normalized spacial score (nSPS) is 13.5. The van der Waals surface area contributed by atoms with Crippen LogP contribution in [0.2, 0.25) is 0 Å². The zero-order chi connectivity index (χ0) is 17.3. The fourth-order valence-corrected chi connectivity index (χ4v) is 2.41. The van der Waals surface area contributed by atoms with Crippen molar-refractivity contribution in [2.24, 2.45) is 0 Å². The van der Waals surface area contributed by atoms with Crippen LogP contribution in [0.15, 0.2) is 30.5 Å². The molecule has 2 aromatic rings. The summed E-state index contributed by atoms with van der Waals surface area (Å²) in [6.07, 6.45) is 2.87. The molecule has 24 heavy (non-hydrogen) atoms. The Morgan fingerprint density at radius 3 is 2.42 bits per heavy atom. The van der Waals surface area contributed by atoms with E-state index in [1.54, 1.807) is 23.1 Å². The summed E-state index contributed by atoms with van der Waals surface area (Å²) in [6, 6.07) is 6.57. The lowest BCUT2D eigenvalue weighted by molar-refractivity contribution is -0.385. The van der Waals surface area contributed by atoms with Crippen LogP contribution in [0.1, 0.15) is 18.4 Å². The monoisotopic (exact) mass is 330 g/mol. The van der Waals surface area contributed by atoms with E-state index < -0.39 is 9.85 Å². The van der Waals surface area contributed by atoms with Crippen LogP contribution in [0, 0.1) is 20.2 Å². The number of hydrogen-bond donors (Lipinski definition) is 1. The summed E-state index contributed by atoms with van der Waals surface area (Å²) < 4.78 is 0. The first-order chi connectivity index (χ1) is 11.5. The van der Waals surface area contributed by atoms with Crippen molar-refractivity contribution in [1.29, 1.82) is 0 Å². The van der Waals surface area contributed by atoms with Gasteiger partial charge in [0.1, 0.15) is 6.20 Å². The lowest BCUT2D eigenvalue weighted by Gasteiger charge is -2.22. The number of hydrogen-bond acceptors (Lipinski definition) is 8. The van der Waals surface area contributed by atoms with Gasteiger partial charge in [0, 0.05) is 17.7 Å². The molecular formula is C14H14N6O4. The highest BCUT2D eigenvalue weighted by atomic mass is 16.6. The molecule has 0 unspecified atom stereocenters. The molecule has 10 heteroatoms. The molecule has 0 amide bonds. The minimum absolute atomic E-state index is 0.0121. The highest BCUT2D eigenvalue weighted by Crippen LogP contribution is 2.33. The molecule has 124 valence electrons. The van der Waals surface area contributed by atoms with Gasteiger partial charge in [-0.2, -0.15) is 4.98 Å². The Kier molecular flexibility index (Phi) is 3.94. The smallest absolute Gasteiger partial charge is 0.329 e. The second kappa shape index (κ2) is 6.07. The molecule has 0 radical (unpaired) electrons.